The third-order valence-electron chi connectivity index (χ3n) is 3.16. The molecule has 0 radical (unpaired) electrons. The van der Waals surface area contributed by atoms with Gasteiger partial charge in [-0.05, 0) is 36.2 Å². The zero-order chi connectivity index (χ0) is 17.2. The predicted octanol–water partition coefficient (Wildman–Crippen LogP) is 3.96. The lowest BCUT2D eigenvalue weighted by Gasteiger charge is -2.11. The zero-order valence-corrected chi connectivity index (χ0v) is 14.8. The van der Waals surface area contributed by atoms with Gasteiger partial charge in [-0.2, -0.15) is 0 Å². The normalized spacial score (nSPS) is 10.2. The SMILES string of the molecule is CNc1cnccc1-c1cc(Cl)ccc1C.COC(OC)OC. The lowest BCUT2D eigenvalue weighted by molar-refractivity contribution is -0.252. The quantitative estimate of drug-likeness (QED) is 0.836. The minimum atomic E-state index is -0.514. The van der Waals surface area contributed by atoms with Gasteiger partial charge in [-0.3, -0.25) is 4.98 Å². The molecule has 0 unspecified atom stereocenters. The maximum atomic E-state index is 6.03. The third kappa shape index (κ3) is 5.80. The van der Waals surface area contributed by atoms with E-state index in [2.05, 4.69) is 31.4 Å². The minimum Gasteiger partial charge on any atom is -0.386 e. The first-order valence-electron chi connectivity index (χ1n) is 7.04. The molecule has 0 saturated heterocycles. The van der Waals surface area contributed by atoms with Gasteiger partial charge in [-0.25, -0.2) is 0 Å². The van der Waals surface area contributed by atoms with Crippen molar-refractivity contribution in [3.05, 3.63) is 47.2 Å². The van der Waals surface area contributed by atoms with Crippen molar-refractivity contribution in [1.29, 1.82) is 0 Å². The van der Waals surface area contributed by atoms with Gasteiger partial charge in [-0.15, -0.1) is 0 Å². The summed E-state index contributed by atoms with van der Waals surface area (Å²) in [6.45, 7) is 1.56. The molecular formula is C17H23ClN2O3. The summed E-state index contributed by atoms with van der Waals surface area (Å²) in [5, 5.41) is 3.88. The molecule has 0 atom stereocenters. The van der Waals surface area contributed by atoms with Crippen LogP contribution in [0.1, 0.15) is 5.56 Å². The molecule has 0 saturated carbocycles. The van der Waals surface area contributed by atoms with E-state index in [1.54, 1.807) is 6.20 Å². The molecule has 2 rings (SSSR count). The molecule has 1 aromatic carbocycles. The summed E-state index contributed by atoms with van der Waals surface area (Å²) in [4.78, 5) is 4.10. The van der Waals surface area contributed by atoms with E-state index in [9.17, 15) is 0 Å². The van der Waals surface area contributed by atoms with E-state index in [1.807, 2.05) is 37.5 Å². The van der Waals surface area contributed by atoms with Gasteiger partial charge in [-0.1, -0.05) is 17.7 Å². The number of halogens is 1. The van der Waals surface area contributed by atoms with Crippen LogP contribution in [0, 0.1) is 6.92 Å². The van der Waals surface area contributed by atoms with Crippen LogP contribution < -0.4 is 5.32 Å². The van der Waals surface area contributed by atoms with Crippen molar-refractivity contribution >= 4 is 17.3 Å². The number of ether oxygens (including phenoxy) is 3. The van der Waals surface area contributed by atoms with Crippen LogP contribution in [0.25, 0.3) is 11.1 Å². The Morgan fingerprint density at radius 1 is 1.04 bits per heavy atom. The molecule has 1 N–H and O–H groups in total. The highest BCUT2D eigenvalue weighted by molar-refractivity contribution is 6.30. The second-order valence-corrected chi connectivity index (χ2v) is 5.06. The molecule has 0 bridgehead atoms. The fraction of sp³-hybridized carbons (Fsp3) is 0.353. The van der Waals surface area contributed by atoms with E-state index < -0.39 is 6.48 Å². The van der Waals surface area contributed by atoms with Crippen LogP contribution in [-0.4, -0.2) is 39.8 Å². The lowest BCUT2D eigenvalue weighted by atomic mass is 10.0. The highest BCUT2D eigenvalue weighted by Gasteiger charge is 2.07. The first-order chi connectivity index (χ1) is 11.1. The highest BCUT2D eigenvalue weighted by atomic mass is 35.5. The number of benzene rings is 1. The second-order valence-electron chi connectivity index (χ2n) is 4.63. The fourth-order valence-corrected chi connectivity index (χ4v) is 2.17. The van der Waals surface area contributed by atoms with Crippen LogP contribution in [0.5, 0.6) is 0 Å². The number of pyridine rings is 1. The third-order valence-corrected chi connectivity index (χ3v) is 3.39. The fourth-order valence-electron chi connectivity index (χ4n) is 2.00. The average molecular weight is 339 g/mol. The number of hydrogen-bond donors (Lipinski definition) is 1. The van der Waals surface area contributed by atoms with Crippen molar-refractivity contribution in [2.24, 2.45) is 0 Å². The average Bonchev–Trinajstić information content (AvgIpc) is 2.59. The summed E-state index contributed by atoms with van der Waals surface area (Å²) in [7, 11) is 6.42. The van der Waals surface area contributed by atoms with Gasteiger partial charge in [0.15, 0.2) is 0 Å². The van der Waals surface area contributed by atoms with E-state index in [4.69, 9.17) is 11.6 Å². The molecule has 23 heavy (non-hydrogen) atoms. The maximum Gasteiger partial charge on any atom is 0.270 e. The van der Waals surface area contributed by atoms with Gasteiger partial charge >= 0.3 is 0 Å². The van der Waals surface area contributed by atoms with E-state index in [0.717, 1.165) is 21.8 Å². The molecule has 126 valence electrons. The predicted molar refractivity (Wildman–Crippen MR) is 93.8 cm³/mol. The summed E-state index contributed by atoms with van der Waals surface area (Å²) in [5.74, 6) is 0. The van der Waals surface area contributed by atoms with Crippen LogP contribution in [-0.2, 0) is 14.2 Å². The molecule has 2 aromatic rings. The lowest BCUT2D eigenvalue weighted by Crippen LogP contribution is -2.14. The molecule has 1 heterocycles. The number of methoxy groups -OCH3 is 3. The van der Waals surface area contributed by atoms with Crippen molar-refractivity contribution in [3.8, 4) is 11.1 Å². The van der Waals surface area contributed by atoms with Crippen LogP contribution in [0.15, 0.2) is 36.7 Å². The highest BCUT2D eigenvalue weighted by Crippen LogP contribution is 2.31. The van der Waals surface area contributed by atoms with Crippen LogP contribution in [0.2, 0.25) is 5.02 Å². The van der Waals surface area contributed by atoms with Crippen LogP contribution >= 0.6 is 11.6 Å². The topological polar surface area (TPSA) is 52.6 Å². The number of aromatic nitrogens is 1. The molecule has 0 spiro atoms. The van der Waals surface area contributed by atoms with Crippen molar-refractivity contribution in [2.45, 2.75) is 13.4 Å². The first-order valence-corrected chi connectivity index (χ1v) is 7.41. The summed E-state index contributed by atoms with van der Waals surface area (Å²) < 4.78 is 13.8. The number of anilines is 1. The molecule has 5 nitrogen and oxygen atoms in total. The smallest absolute Gasteiger partial charge is 0.270 e. The number of hydrogen-bond acceptors (Lipinski definition) is 5. The summed E-state index contributed by atoms with van der Waals surface area (Å²) in [6.07, 6.45) is 3.60. The van der Waals surface area contributed by atoms with Crippen molar-refractivity contribution in [2.75, 3.05) is 33.7 Å². The number of aryl methyl sites for hydroxylation is 1. The maximum absolute atomic E-state index is 6.03. The zero-order valence-electron chi connectivity index (χ0n) is 14.1. The minimum absolute atomic E-state index is 0.514. The van der Waals surface area contributed by atoms with Crippen molar-refractivity contribution in [1.82, 2.24) is 4.98 Å². The van der Waals surface area contributed by atoms with Gasteiger partial charge in [0.25, 0.3) is 6.48 Å². The molecular weight excluding hydrogens is 316 g/mol. The Morgan fingerprint density at radius 2 is 1.70 bits per heavy atom. The summed E-state index contributed by atoms with van der Waals surface area (Å²) in [5.41, 5.74) is 4.47. The molecule has 0 aliphatic carbocycles. The Kier molecular flexibility index (Phi) is 8.58. The van der Waals surface area contributed by atoms with E-state index in [0.29, 0.717) is 0 Å². The summed E-state index contributed by atoms with van der Waals surface area (Å²) >= 11 is 6.03. The van der Waals surface area contributed by atoms with Crippen LogP contribution in [0.4, 0.5) is 5.69 Å². The van der Waals surface area contributed by atoms with E-state index in [1.165, 1.54) is 26.9 Å². The van der Waals surface area contributed by atoms with Gasteiger partial charge in [0, 0.05) is 45.2 Å². The Bertz CT molecular complexity index is 599. The molecule has 1 aromatic heterocycles. The van der Waals surface area contributed by atoms with Crippen molar-refractivity contribution in [3.63, 3.8) is 0 Å². The largest absolute Gasteiger partial charge is 0.386 e. The Hall–Kier alpha value is -1.66. The standard InChI is InChI=1S/C13H13ClN2.C4H10O3/c1-9-3-4-10(14)7-12(9)11-5-6-16-8-13(11)15-2;1-5-4(6-2)7-3/h3-8,15H,1-2H3;4H,1-3H3. The Balaban J connectivity index is 0.000000322. The van der Waals surface area contributed by atoms with E-state index in [-0.39, 0.29) is 0 Å². The first kappa shape index (κ1) is 19.4. The number of nitrogens with zero attached hydrogens (tertiary/aromatic N) is 1. The number of rotatable bonds is 5. The summed E-state index contributed by atoms with van der Waals surface area (Å²) in [6, 6.07) is 7.90. The molecule has 0 amide bonds. The monoisotopic (exact) mass is 338 g/mol. The molecule has 0 aliphatic heterocycles. The van der Waals surface area contributed by atoms with Crippen LogP contribution in [0.3, 0.4) is 0 Å². The van der Waals surface area contributed by atoms with Gasteiger partial charge in [0.2, 0.25) is 0 Å². The van der Waals surface area contributed by atoms with E-state index >= 15 is 0 Å². The van der Waals surface area contributed by atoms with Gasteiger partial charge in [0.1, 0.15) is 0 Å². The Labute approximate surface area is 142 Å². The molecule has 6 heteroatoms. The number of nitrogens with one attached hydrogen (secondary N) is 1. The van der Waals surface area contributed by atoms with Gasteiger partial charge < -0.3 is 19.5 Å². The Morgan fingerprint density at radius 3 is 2.22 bits per heavy atom. The molecule has 0 fully saturated rings. The second kappa shape index (κ2) is 10.2. The van der Waals surface area contributed by atoms with Gasteiger partial charge in [0.05, 0.1) is 11.9 Å². The molecule has 0 aliphatic rings. The van der Waals surface area contributed by atoms with Crippen molar-refractivity contribution < 1.29 is 14.2 Å².